The molecule has 4 rings (SSSR count). The average Bonchev–Trinajstić information content (AvgIpc) is 3.15. The minimum Gasteiger partial charge on any atom is -0.405 e. The minimum atomic E-state index is -2.87. The highest BCUT2D eigenvalue weighted by Crippen LogP contribution is 2.39. The average molecular weight is 491 g/mol. The molecule has 1 aliphatic heterocycles. The Morgan fingerprint density at radius 3 is 2.17 bits per heavy atom. The number of hydrogen-bond donors (Lipinski definition) is 2. The highest BCUT2D eigenvalue weighted by atomic mass is 28.4. The van der Waals surface area contributed by atoms with Crippen molar-refractivity contribution < 1.29 is 14.3 Å². The van der Waals surface area contributed by atoms with Crippen LogP contribution < -0.4 is 21.8 Å². The summed E-state index contributed by atoms with van der Waals surface area (Å²) in [6.07, 6.45) is -1.52. The molecule has 9 heteroatoms. The van der Waals surface area contributed by atoms with E-state index in [2.05, 4.69) is 56.1 Å². The van der Waals surface area contributed by atoms with Crippen molar-refractivity contribution in [1.29, 1.82) is 5.26 Å². The Labute approximate surface area is 205 Å². The third-order valence-corrected chi connectivity index (χ3v) is 11.5. The molecule has 3 N–H and O–H groups in total. The van der Waals surface area contributed by atoms with E-state index in [0.717, 1.165) is 10.4 Å². The first kappa shape index (κ1) is 24.8. The van der Waals surface area contributed by atoms with Gasteiger partial charge in [0.2, 0.25) is 0 Å². The van der Waals surface area contributed by atoms with Crippen molar-refractivity contribution in [2.24, 2.45) is 5.92 Å². The smallest absolute Gasteiger partial charge is 0.351 e. The zero-order chi connectivity index (χ0) is 25.2. The van der Waals surface area contributed by atoms with Crippen LogP contribution in [-0.2, 0) is 9.16 Å². The fourth-order valence-corrected chi connectivity index (χ4v) is 9.42. The molecular formula is C26H30N4O4Si. The lowest BCUT2D eigenvalue weighted by Gasteiger charge is -2.43. The van der Waals surface area contributed by atoms with E-state index in [1.54, 1.807) is 0 Å². The second-order valence-electron chi connectivity index (χ2n) is 9.73. The Morgan fingerprint density at radius 1 is 1.11 bits per heavy atom. The maximum Gasteiger partial charge on any atom is 0.351 e. The topological polar surface area (TPSA) is 123 Å². The number of aromatic nitrogens is 2. The molecule has 2 heterocycles. The normalized spacial score (nSPS) is 22.6. The van der Waals surface area contributed by atoms with Crippen LogP contribution in [0.4, 0.5) is 5.82 Å². The first-order valence-electron chi connectivity index (χ1n) is 11.5. The molecule has 0 radical (unpaired) electrons. The Balaban J connectivity index is 1.70. The summed E-state index contributed by atoms with van der Waals surface area (Å²) in [6.45, 7) is 6.53. The van der Waals surface area contributed by atoms with Crippen LogP contribution in [0.25, 0.3) is 0 Å². The predicted octanol–water partition coefficient (Wildman–Crippen LogP) is 1.80. The molecule has 0 amide bonds. The van der Waals surface area contributed by atoms with Crippen LogP contribution in [0.3, 0.4) is 0 Å². The summed E-state index contributed by atoms with van der Waals surface area (Å²) >= 11 is 0. The molecular weight excluding hydrogens is 460 g/mol. The van der Waals surface area contributed by atoms with E-state index < -0.39 is 38.4 Å². The number of ether oxygens (including phenoxy) is 1. The van der Waals surface area contributed by atoms with Crippen molar-refractivity contribution in [3.63, 3.8) is 0 Å². The van der Waals surface area contributed by atoms with Gasteiger partial charge in [-0.1, -0.05) is 81.4 Å². The van der Waals surface area contributed by atoms with Crippen molar-refractivity contribution in [1.82, 2.24) is 9.55 Å². The van der Waals surface area contributed by atoms with Crippen LogP contribution in [-0.4, -0.2) is 41.8 Å². The second-order valence-corrected chi connectivity index (χ2v) is 14.0. The van der Waals surface area contributed by atoms with Gasteiger partial charge in [0.25, 0.3) is 8.32 Å². The molecule has 8 nitrogen and oxygen atoms in total. The van der Waals surface area contributed by atoms with Crippen LogP contribution in [0.5, 0.6) is 0 Å². The first-order valence-corrected chi connectivity index (χ1v) is 13.4. The predicted molar refractivity (Wildman–Crippen MR) is 136 cm³/mol. The van der Waals surface area contributed by atoms with Gasteiger partial charge < -0.3 is 20.0 Å². The summed E-state index contributed by atoms with van der Waals surface area (Å²) in [5.41, 5.74) is 4.96. The van der Waals surface area contributed by atoms with E-state index in [-0.39, 0.29) is 17.5 Å². The van der Waals surface area contributed by atoms with Crippen molar-refractivity contribution >= 4 is 24.5 Å². The van der Waals surface area contributed by atoms with Crippen molar-refractivity contribution in [3.8, 4) is 6.07 Å². The standard InChI is InChI=1S/C26H30N4O4Si/c1-26(2,3)35(18-10-6-4-7-11-18,19-12-8-5-9-13-19)33-17-21-23(31)20(16-27)24(34-21)30-15-14-22(28)29-25(30)32/h4-15,20-21,23-24,31H,17H2,1-3H3,(H2,28,29,32)/t20-,21+,23-,24+/m0/s1. The number of aliphatic hydroxyl groups is 1. The third kappa shape index (κ3) is 4.53. The summed E-state index contributed by atoms with van der Waals surface area (Å²) in [5, 5.41) is 22.7. The van der Waals surface area contributed by atoms with Crippen LogP contribution in [0.15, 0.2) is 77.7 Å². The molecule has 0 unspecified atom stereocenters. The summed E-state index contributed by atoms with van der Waals surface area (Å²) in [4.78, 5) is 16.1. The van der Waals surface area contributed by atoms with Gasteiger partial charge in [-0.3, -0.25) is 4.57 Å². The fourth-order valence-electron chi connectivity index (χ4n) is 4.85. The van der Waals surface area contributed by atoms with Crippen LogP contribution >= 0.6 is 0 Å². The number of rotatable bonds is 6. The number of benzene rings is 2. The Hall–Kier alpha value is -3.29. The number of nitrogen functional groups attached to an aromatic ring is 1. The fraction of sp³-hybridized carbons (Fsp3) is 0.346. The Kier molecular flexibility index (Phi) is 6.92. The molecule has 1 aliphatic rings. The summed E-state index contributed by atoms with van der Waals surface area (Å²) in [6, 6.07) is 23.8. The van der Waals surface area contributed by atoms with E-state index in [4.69, 9.17) is 14.9 Å². The first-order chi connectivity index (χ1) is 16.7. The van der Waals surface area contributed by atoms with E-state index in [0.29, 0.717) is 0 Å². The zero-order valence-corrected chi connectivity index (χ0v) is 21.0. The van der Waals surface area contributed by atoms with Crippen molar-refractivity contribution in [3.05, 3.63) is 83.4 Å². The molecule has 35 heavy (non-hydrogen) atoms. The van der Waals surface area contributed by atoms with Crippen LogP contribution in [0, 0.1) is 17.2 Å². The van der Waals surface area contributed by atoms with Crippen molar-refractivity contribution in [2.75, 3.05) is 12.3 Å². The van der Waals surface area contributed by atoms with Gasteiger partial charge in [0.15, 0.2) is 6.23 Å². The molecule has 1 aromatic heterocycles. The van der Waals surface area contributed by atoms with Gasteiger partial charge in [-0.2, -0.15) is 10.2 Å². The maximum atomic E-state index is 12.4. The molecule has 0 spiro atoms. The Morgan fingerprint density at radius 2 is 1.69 bits per heavy atom. The number of nitriles is 1. The van der Waals surface area contributed by atoms with Gasteiger partial charge in [0.05, 0.1) is 12.7 Å². The number of nitrogens with two attached hydrogens (primary N) is 1. The zero-order valence-electron chi connectivity index (χ0n) is 20.0. The highest BCUT2D eigenvalue weighted by molar-refractivity contribution is 6.99. The maximum absolute atomic E-state index is 12.4. The minimum absolute atomic E-state index is 0.0558. The molecule has 4 atom stereocenters. The van der Waals surface area contributed by atoms with Gasteiger partial charge in [-0.15, -0.1) is 0 Å². The second kappa shape index (κ2) is 9.75. The lowest BCUT2D eigenvalue weighted by atomic mass is 10.0. The number of aliphatic hydroxyl groups excluding tert-OH is 1. The van der Waals surface area contributed by atoms with Crippen LogP contribution in [0.1, 0.15) is 27.0 Å². The number of anilines is 1. The largest absolute Gasteiger partial charge is 0.405 e. The van der Waals surface area contributed by atoms with E-state index in [9.17, 15) is 15.2 Å². The monoisotopic (exact) mass is 490 g/mol. The molecule has 0 saturated carbocycles. The van der Waals surface area contributed by atoms with Gasteiger partial charge in [0.1, 0.15) is 23.9 Å². The van der Waals surface area contributed by atoms with Gasteiger partial charge in [-0.25, -0.2) is 4.79 Å². The van der Waals surface area contributed by atoms with E-state index >= 15 is 0 Å². The lowest BCUT2D eigenvalue weighted by Crippen LogP contribution is -2.67. The Bertz CT molecular complexity index is 1210. The van der Waals surface area contributed by atoms with Crippen molar-refractivity contribution in [2.45, 2.75) is 44.2 Å². The third-order valence-electron chi connectivity index (χ3n) is 6.53. The summed E-state index contributed by atoms with van der Waals surface area (Å²) in [5.74, 6) is -0.893. The molecule has 0 aliphatic carbocycles. The molecule has 182 valence electrons. The van der Waals surface area contributed by atoms with E-state index in [1.165, 1.54) is 16.8 Å². The quantitative estimate of drug-likeness (QED) is 0.505. The lowest BCUT2D eigenvalue weighted by molar-refractivity contribution is -0.0437. The van der Waals surface area contributed by atoms with E-state index in [1.807, 2.05) is 36.4 Å². The SMILES string of the molecule is CC(C)(C)[Si](OC[C@H]1O[C@@H](n2ccc(N)nc2=O)[C@@H](C#N)[C@@H]1O)(c1ccccc1)c1ccccc1. The van der Waals surface area contributed by atoms with Gasteiger partial charge in [0, 0.05) is 6.20 Å². The molecule has 1 saturated heterocycles. The highest BCUT2D eigenvalue weighted by Gasteiger charge is 2.52. The molecule has 0 bridgehead atoms. The number of hydrogen-bond acceptors (Lipinski definition) is 7. The molecule has 1 fully saturated rings. The van der Waals surface area contributed by atoms with Gasteiger partial charge in [-0.05, 0) is 21.5 Å². The van der Waals surface area contributed by atoms with Gasteiger partial charge >= 0.3 is 5.69 Å². The molecule has 2 aromatic carbocycles. The summed E-state index contributed by atoms with van der Waals surface area (Å²) < 4.78 is 14.1. The van der Waals surface area contributed by atoms with Crippen LogP contribution in [0.2, 0.25) is 5.04 Å². The number of nitrogens with zero attached hydrogens (tertiary/aromatic N) is 3. The molecule has 3 aromatic rings. The summed E-state index contributed by atoms with van der Waals surface area (Å²) in [7, 11) is -2.87.